The Labute approximate surface area is 142 Å². The molecule has 138 valence electrons. The van der Waals surface area contributed by atoms with Crippen LogP contribution in [0.2, 0.25) is 0 Å². The van der Waals surface area contributed by atoms with Crippen LogP contribution in [0, 0.1) is 10.1 Å². The molecule has 0 aromatic carbocycles. The monoisotopic (exact) mass is 356 g/mol. The summed E-state index contributed by atoms with van der Waals surface area (Å²) in [6, 6.07) is -1.80. The Morgan fingerprint density at radius 1 is 1.48 bits per heavy atom. The van der Waals surface area contributed by atoms with Crippen LogP contribution in [0.25, 0.3) is 10.4 Å². The van der Waals surface area contributed by atoms with Crippen molar-refractivity contribution in [1.29, 1.82) is 0 Å². The number of nitrogens with one attached hydrogen (secondary N) is 3. The lowest BCUT2D eigenvalue weighted by Crippen LogP contribution is -2.50. The summed E-state index contributed by atoms with van der Waals surface area (Å²) in [4.78, 5) is 40.1. The predicted molar refractivity (Wildman–Crippen MR) is 86.3 cm³/mol. The topological polar surface area (TPSA) is 227 Å². The van der Waals surface area contributed by atoms with Gasteiger partial charge < -0.3 is 22.1 Å². The van der Waals surface area contributed by atoms with Crippen molar-refractivity contribution in [1.82, 2.24) is 16.1 Å². The third-order valence-corrected chi connectivity index (χ3v) is 3.44. The van der Waals surface area contributed by atoms with Gasteiger partial charge in [-0.05, 0) is 24.8 Å². The van der Waals surface area contributed by atoms with Crippen molar-refractivity contribution in [3.8, 4) is 0 Å². The first-order valence-electron chi connectivity index (χ1n) is 7.41. The van der Waals surface area contributed by atoms with Crippen molar-refractivity contribution in [2.24, 2.45) is 21.6 Å². The highest BCUT2D eigenvalue weighted by atomic mass is 16.7. The maximum absolute atomic E-state index is 12.1. The molecule has 1 aliphatic rings. The third kappa shape index (κ3) is 7.32. The molecule has 14 nitrogen and oxygen atoms in total. The average Bonchev–Trinajstić information content (AvgIpc) is 2.98. The van der Waals surface area contributed by atoms with Gasteiger partial charge in [0.05, 0.1) is 12.1 Å². The zero-order valence-corrected chi connectivity index (χ0v) is 13.3. The predicted octanol–water partition coefficient (Wildman–Crippen LogP) is -2.13. The van der Waals surface area contributed by atoms with Gasteiger partial charge in [-0.2, -0.15) is 0 Å². The molecule has 3 atom stereocenters. The Bertz CT molecular complexity index is 587. The van der Waals surface area contributed by atoms with E-state index in [-0.39, 0.29) is 25.0 Å². The number of hydrogen-bond donors (Lipinski definition) is 5. The number of azide groups is 1. The molecule has 0 bridgehead atoms. The minimum Gasteiger partial charge on any atom is -0.368 e. The quantitative estimate of drug-likeness (QED) is 0.0450. The number of carbonyl (C=O) groups is 2. The summed E-state index contributed by atoms with van der Waals surface area (Å²) >= 11 is 0. The van der Waals surface area contributed by atoms with Gasteiger partial charge in [0, 0.05) is 18.0 Å². The smallest absolute Gasteiger partial charge is 0.251 e. The van der Waals surface area contributed by atoms with Gasteiger partial charge in [0.25, 0.3) is 5.96 Å². The molecule has 1 fully saturated rings. The lowest BCUT2D eigenvalue weighted by Gasteiger charge is -2.18. The first-order chi connectivity index (χ1) is 11.8. The Morgan fingerprint density at radius 3 is 2.80 bits per heavy atom. The van der Waals surface area contributed by atoms with Crippen LogP contribution in [0.4, 0.5) is 0 Å². The Kier molecular flexibility index (Phi) is 7.89. The van der Waals surface area contributed by atoms with Gasteiger partial charge >= 0.3 is 0 Å². The highest BCUT2D eigenvalue weighted by Crippen LogP contribution is 2.11. The SMILES string of the molecule is [N-]=[N+]=N[C@@H]1CNC(C(=O)N[C@H](CCCN=C(N)N[N+](=O)[O-])C(N)=O)C1. The number of nitrogens with two attached hydrogens (primary N) is 2. The van der Waals surface area contributed by atoms with Crippen LogP contribution in [0.3, 0.4) is 0 Å². The number of amides is 2. The maximum Gasteiger partial charge on any atom is 0.251 e. The number of carbonyl (C=O) groups excluding carboxylic acids is 2. The van der Waals surface area contributed by atoms with Crippen molar-refractivity contribution < 1.29 is 14.6 Å². The van der Waals surface area contributed by atoms with E-state index in [1.807, 2.05) is 0 Å². The molecule has 0 radical (unpaired) electrons. The van der Waals surface area contributed by atoms with Crippen molar-refractivity contribution in [2.75, 3.05) is 13.1 Å². The van der Waals surface area contributed by atoms with Crippen molar-refractivity contribution in [2.45, 2.75) is 37.4 Å². The number of aliphatic imine (C=N–C) groups is 1. The summed E-state index contributed by atoms with van der Waals surface area (Å²) in [5.41, 5.74) is 20.6. The molecule has 0 aromatic heterocycles. The molecule has 1 rings (SSSR count). The summed E-state index contributed by atoms with van der Waals surface area (Å²) in [5, 5.41) is 18.3. The van der Waals surface area contributed by atoms with Gasteiger partial charge in [-0.25, -0.2) is 15.1 Å². The molecule has 0 aromatic rings. The number of nitrogens with zero attached hydrogens (tertiary/aromatic N) is 5. The van der Waals surface area contributed by atoms with E-state index < -0.39 is 28.9 Å². The first kappa shape index (κ1) is 19.9. The molecule has 1 aliphatic heterocycles. The third-order valence-electron chi connectivity index (χ3n) is 3.44. The Morgan fingerprint density at radius 2 is 2.20 bits per heavy atom. The van der Waals surface area contributed by atoms with Crippen molar-refractivity contribution in [3.05, 3.63) is 20.6 Å². The van der Waals surface area contributed by atoms with Crippen LogP contribution in [0.1, 0.15) is 19.3 Å². The lowest BCUT2D eigenvalue weighted by atomic mass is 10.1. The average molecular weight is 356 g/mol. The molecule has 2 amide bonds. The maximum atomic E-state index is 12.1. The molecule has 1 saturated heterocycles. The molecule has 0 aliphatic carbocycles. The van der Waals surface area contributed by atoms with Crippen LogP contribution in [0.15, 0.2) is 10.1 Å². The van der Waals surface area contributed by atoms with Crippen LogP contribution in [0.5, 0.6) is 0 Å². The largest absolute Gasteiger partial charge is 0.368 e. The molecule has 0 spiro atoms. The molecule has 25 heavy (non-hydrogen) atoms. The van der Waals surface area contributed by atoms with E-state index in [0.717, 1.165) is 0 Å². The van der Waals surface area contributed by atoms with Crippen LogP contribution < -0.4 is 27.5 Å². The Balaban J connectivity index is 2.44. The second-order valence-electron chi connectivity index (χ2n) is 5.30. The van der Waals surface area contributed by atoms with Crippen LogP contribution in [-0.2, 0) is 9.59 Å². The molecule has 14 heteroatoms. The lowest BCUT2D eigenvalue weighted by molar-refractivity contribution is -0.525. The van der Waals surface area contributed by atoms with Gasteiger partial charge in [-0.15, -0.1) is 0 Å². The van der Waals surface area contributed by atoms with Gasteiger partial charge in [-0.3, -0.25) is 9.59 Å². The highest BCUT2D eigenvalue weighted by molar-refractivity contribution is 5.89. The van der Waals surface area contributed by atoms with E-state index >= 15 is 0 Å². The molecule has 7 N–H and O–H groups in total. The summed E-state index contributed by atoms with van der Waals surface area (Å²) < 4.78 is 0. The fourth-order valence-electron chi connectivity index (χ4n) is 2.26. The summed E-state index contributed by atoms with van der Waals surface area (Å²) in [5.74, 6) is -1.49. The summed E-state index contributed by atoms with van der Waals surface area (Å²) in [6.07, 6.45) is 0.852. The zero-order chi connectivity index (χ0) is 18.8. The standard InChI is InChI=1S/C11H20N10O4/c12-9(22)7(2-1-3-15-11(13)19-21(24)25)17-10(23)8-4-6(5-16-8)18-20-14/h6-8,16H,1-5H2,(H2,12,22)(H,17,23)(H3,13,15,19)/t6-,7+,8?/m0/s1. The number of hydrazine groups is 1. The summed E-state index contributed by atoms with van der Waals surface area (Å²) in [6.45, 7) is 0.494. The minimum atomic E-state index is -0.910. The second kappa shape index (κ2) is 9.89. The van der Waals surface area contributed by atoms with E-state index in [9.17, 15) is 19.7 Å². The fourth-order valence-corrected chi connectivity index (χ4v) is 2.26. The van der Waals surface area contributed by atoms with Gasteiger partial charge in [-0.1, -0.05) is 10.5 Å². The van der Waals surface area contributed by atoms with E-state index in [1.54, 1.807) is 5.43 Å². The number of guanidine groups is 1. The van der Waals surface area contributed by atoms with E-state index in [0.29, 0.717) is 19.4 Å². The van der Waals surface area contributed by atoms with Gasteiger partial charge in [0.15, 0.2) is 5.03 Å². The summed E-state index contributed by atoms with van der Waals surface area (Å²) in [7, 11) is 0. The number of hydrogen-bond acceptors (Lipinski definition) is 7. The van der Waals surface area contributed by atoms with E-state index in [1.165, 1.54) is 0 Å². The highest BCUT2D eigenvalue weighted by Gasteiger charge is 2.30. The van der Waals surface area contributed by atoms with Gasteiger partial charge in [0.1, 0.15) is 6.04 Å². The van der Waals surface area contributed by atoms with Crippen LogP contribution >= 0.6 is 0 Å². The Hall–Kier alpha value is -3.12. The van der Waals surface area contributed by atoms with Crippen LogP contribution in [-0.4, -0.2) is 54.0 Å². The van der Waals surface area contributed by atoms with E-state index in [4.69, 9.17) is 17.0 Å². The molecule has 1 unspecified atom stereocenters. The number of primary amides is 1. The second-order valence-corrected chi connectivity index (χ2v) is 5.30. The number of rotatable bonds is 9. The molecule has 0 saturated carbocycles. The van der Waals surface area contributed by atoms with Crippen molar-refractivity contribution >= 4 is 17.8 Å². The first-order valence-corrected chi connectivity index (χ1v) is 7.41. The molecule has 1 heterocycles. The van der Waals surface area contributed by atoms with E-state index in [2.05, 4.69) is 25.7 Å². The minimum absolute atomic E-state index is 0.118. The normalized spacial score (nSPS) is 21.0. The number of nitro groups is 1. The molecular weight excluding hydrogens is 336 g/mol. The van der Waals surface area contributed by atoms with Crippen molar-refractivity contribution in [3.63, 3.8) is 0 Å². The fraction of sp³-hybridized carbons (Fsp3) is 0.727. The van der Waals surface area contributed by atoms with Gasteiger partial charge in [0.2, 0.25) is 11.8 Å². The molecular formula is C11H20N10O4. The zero-order valence-electron chi connectivity index (χ0n) is 13.3.